The Morgan fingerprint density at radius 3 is 2.79 bits per heavy atom. The molecule has 0 aliphatic heterocycles. The molecule has 2 N–H and O–H groups in total. The minimum Gasteiger partial charge on any atom is -0.507 e. The summed E-state index contributed by atoms with van der Waals surface area (Å²) >= 11 is 4.67. The molecule has 100 valence electrons. The van der Waals surface area contributed by atoms with Crippen LogP contribution in [0.25, 0.3) is 0 Å². The van der Waals surface area contributed by atoms with Crippen molar-refractivity contribution >= 4 is 33.2 Å². The molecule has 0 radical (unpaired) electrons. The number of rotatable bonds is 3. The van der Waals surface area contributed by atoms with Crippen molar-refractivity contribution < 1.29 is 9.90 Å². The van der Waals surface area contributed by atoms with E-state index in [1.54, 1.807) is 18.3 Å². The fourth-order valence-electron chi connectivity index (χ4n) is 1.60. The van der Waals surface area contributed by atoms with Crippen LogP contribution in [0.4, 0.5) is 0 Å². The molecule has 19 heavy (non-hydrogen) atoms. The van der Waals surface area contributed by atoms with Gasteiger partial charge in [0, 0.05) is 17.1 Å². The monoisotopic (exact) mass is 340 g/mol. The van der Waals surface area contributed by atoms with Crippen LogP contribution in [0.2, 0.25) is 0 Å². The molecule has 0 saturated carbocycles. The second-order valence-corrected chi connectivity index (χ2v) is 6.33. The summed E-state index contributed by atoms with van der Waals surface area (Å²) in [5.74, 6) is -0.206. The Labute approximate surface area is 123 Å². The van der Waals surface area contributed by atoms with Gasteiger partial charge in [-0.3, -0.25) is 4.79 Å². The van der Waals surface area contributed by atoms with E-state index >= 15 is 0 Å². The zero-order valence-electron chi connectivity index (χ0n) is 10.5. The molecule has 1 amide bonds. The van der Waals surface area contributed by atoms with Gasteiger partial charge in [-0.05, 0) is 48.0 Å². The number of aromatic hydroxyl groups is 1. The number of nitrogens with zero attached hydrogens (tertiary/aromatic N) is 1. The number of phenolic OH excluding ortho intramolecular Hbond substituents is 1. The molecule has 6 heteroatoms. The number of thiazole rings is 1. The van der Waals surface area contributed by atoms with E-state index < -0.39 is 5.54 Å². The standard InChI is InChI=1S/C13H13BrN2O2S/c1-13(2,12-15-5-6-19-12)16-11(18)8-3-4-9(14)10(17)7-8/h3-7,17H,1-2H3,(H,16,18). The van der Waals surface area contributed by atoms with E-state index in [0.717, 1.165) is 5.01 Å². The van der Waals surface area contributed by atoms with E-state index in [-0.39, 0.29) is 11.7 Å². The molecule has 0 saturated heterocycles. The molecule has 0 spiro atoms. The molecule has 4 nitrogen and oxygen atoms in total. The lowest BCUT2D eigenvalue weighted by Gasteiger charge is -2.23. The Morgan fingerprint density at radius 2 is 2.21 bits per heavy atom. The molecule has 2 rings (SSSR count). The minimum absolute atomic E-state index is 0.0414. The second kappa shape index (κ2) is 5.30. The average molecular weight is 341 g/mol. The summed E-state index contributed by atoms with van der Waals surface area (Å²) < 4.78 is 0.559. The van der Waals surface area contributed by atoms with Gasteiger partial charge < -0.3 is 10.4 Å². The van der Waals surface area contributed by atoms with Gasteiger partial charge in [-0.2, -0.15) is 0 Å². The molecule has 0 aliphatic carbocycles. The lowest BCUT2D eigenvalue weighted by molar-refractivity contribution is 0.0911. The number of benzene rings is 1. The van der Waals surface area contributed by atoms with Crippen LogP contribution in [0.3, 0.4) is 0 Å². The van der Waals surface area contributed by atoms with Crippen molar-refractivity contribution in [2.24, 2.45) is 0 Å². The third kappa shape index (κ3) is 3.13. The highest BCUT2D eigenvalue weighted by Crippen LogP contribution is 2.26. The molecule has 0 atom stereocenters. The van der Waals surface area contributed by atoms with Crippen LogP contribution in [0.15, 0.2) is 34.2 Å². The van der Waals surface area contributed by atoms with Gasteiger partial charge in [0.15, 0.2) is 0 Å². The maximum atomic E-state index is 12.2. The summed E-state index contributed by atoms with van der Waals surface area (Å²) in [6.45, 7) is 3.78. The van der Waals surface area contributed by atoms with Crippen LogP contribution in [0, 0.1) is 0 Å². The summed E-state index contributed by atoms with van der Waals surface area (Å²) in [7, 11) is 0. The molecule has 0 fully saturated rings. The third-order valence-electron chi connectivity index (χ3n) is 2.60. The van der Waals surface area contributed by atoms with Gasteiger partial charge in [0.05, 0.1) is 10.0 Å². The first kappa shape index (κ1) is 14.0. The second-order valence-electron chi connectivity index (χ2n) is 4.58. The lowest BCUT2D eigenvalue weighted by atomic mass is 10.1. The van der Waals surface area contributed by atoms with Gasteiger partial charge in [-0.25, -0.2) is 4.98 Å². The first-order chi connectivity index (χ1) is 8.90. The highest BCUT2D eigenvalue weighted by molar-refractivity contribution is 9.10. The van der Waals surface area contributed by atoms with E-state index in [2.05, 4.69) is 26.2 Å². The van der Waals surface area contributed by atoms with Crippen LogP contribution >= 0.6 is 27.3 Å². The number of hydrogen-bond donors (Lipinski definition) is 2. The van der Waals surface area contributed by atoms with E-state index in [1.807, 2.05) is 19.2 Å². The largest absolute Gasteiger partial charge is 0.507 e. The molecular formula is C13H13BrN2O2S. The zero-order valence-corrected chi connectivity index (χ0v) is 12.9. The van der Waals surface area contributed by atoms with Gasteiger partial charge in [0.2, 0.25) is 0 Å². The van der Waals surface area contributed by atoms with E-state index in [0.29, 0.717) is 10.0 Å². The van der Waals surface area contributed by atoms with Gasteiger partial charge >= 0.3 is 0 Å². The van der Waals surface area contributed by atoms with Crippen molar-refractivity contribution in [3.8, 4) is 5.75 Å². The normalized spacial score (nSPS) is 11.3. The van der Waals surface area contributed by atoms with Crippen LogP contribution < -0.4 is 5.32 Å². The maximum absolute atomic E-state index is 12.2. The third-order valence-corrected chi connectivity index (χ3v) is 4.37. The molecule has 0 bridgehead atoms. The predicted molar refractivity (Wildman–Crippen MR) is 78.4 cm³/mol. The average Bonchev–Trinajstić information content (AvgIpc) is 2.86. The Hall–Kier alpha value is -1.40. The number of hydrogen-bond acceptors (Lipinski definition) is 4. The van der Waals surface area contributed by atoms with Gasteiger partial charge in [-0.15, -0.1) is 11.3 Å². The van der Waals surface area contributed by atoms with E-state index in [1.165, 1.54) is 17.4 Å². The number of phenols is 1. The Kier molecular flexibility index (Phi) is 3.91. The number of amides is 1. The van der Waals surface area contributed by atoms with Crippen molar-refractivity contribution in [1.29, 1.82) is 0 Å². The number of carbonyl (C=O) groups is 1. The van der Waals surface area contributed by atoms with E-state index in [9.17, 15) is 9.90 Å². The summed E-state index contributed by atoms with van der Waals surface area (Å²) in [6.07, 6.45) is 1.71. The maximum Gasteiger partial charge on any atom is 0.252 e. The first-order valence-electron chi connectivity index (χ1n) is 5.61. The lowest BCUT2D eigenvalue weighted by Crippen LogP contribution is -2.40. The fourth-order valence-corrected chi connectivity index (χ4v) is 2.56. The van der Waals surface area contributed by atoms with Crippen LogP contribution in [0.1, 0.15) is 29.2 Å². The first-order valence-corrected chi connectivity index (χ1v) is 7.28. The molecule has 0 aliphatic rings. The Balaban J connectivity index is 2.19. The van der Waals surface area contributed by atoms with Crippen LogP contribution in [-0.2, 0) is 5.54 Å². The van der Waals surface area contributed by atoms with Crippen molar-refractivity contribution in [3.05, 3.63) is 44.8 Å². The summed E-state index contributed by atoms with van der Waals surface area (Å²) in [5, 5.41) is 15.2. The van der Waals surface area contributed by atoms with Gasteiger partial charge in [-0.1, -0.05) is 0 Å². The zero-order chi connectivity index (χ0) is 14.0. The topological polar surface area (TPSA) is 62.2 Å². The van der Waals surface area contributed by atoms with E-state index in [4.69, 9.17) is 0 Å². The molecule has 0 unspecified atom stereocenters. The van der Waals surface area contributed by atoms with Gasteiger partial charge in [0.25, 0.3) is 5.91 Å². The van der Waals surface area contributed by atoms with Crippen molar-refractivity contribution in [3.63, 3.8) is 0 Å². The summed E-state index contributed by atoms with van der Waals surface area (Å²) in [6, 6.07) is 4.72. The molecule has 1 heterocycles. The Morgan fingerprint density at radius 1 is 1.47 bits per heavy atom. The molecule has 1 aromatic carbocycles. The summed E-state index contributed by atoms with van der Waals surface area (Å²) in [5.41, 5.74) is -0.140. The number of aromatic nitrogens is 1. The van der Waals surface area contributed by atoms with Crippen LogP contribution in [0.5, 0.6) is 5.75 Å². The van der Waals surface area contributed by atoms with Crippen LogP contribution in [-0.4, -0.2) is 16.0 Å². The SMILES string of the molecule is CC(C)(NC(=O)c1ccc(Br)c(O)c1)c1nccs1. The molecule has 1 aromatic heterocycles. The predicted octanol–water partition coefficient (Wildman–Crippen LogP) is 3.28. The van der Waals surface area contributed by atoms with Crippen molar-refractivity contribution in [2.75, 3.05) is 0 Å². The number of carbonyl (C=O) groups excluding carboxylic acids is 1. The number of halogens is 1. The Bertz CT molecular complexity index is 597. The quantitative estimate of drug-likeness (QED) is 0.901. The fraction of sp³-hybridized carbons (Fsp3) is 0.231. The van der Waals surface area contributed by atoms with Crippen molar-refractivity contribution in [2.45, 2.75) is 19.4 Å². The number of nitrogens with one attached hydrogen (secondary N) is 1. The highest BCUT2D eigenvalue weighted by Gasteiger charge is 2.26. The smallest absolute Gasteiger partial charge is 0.252 e. The van der Waals surface area contributed by atoms with Crippen molar-refractivity contribution in [1.82, 2.24) is 10.3 Å². The highest BCUT2D eigenvalue weighted by atomic mass is 79.9. The molecular weight excluding hydrogens is 328 g/mol. The molecule has 2 aromatic rings. The minimum atomic E-state index is -0.548. The summed E-state index contributed by atoms with van der Waals surface area (Å²) in [4.78, 5) is 16.4. The van der Waals surface area contributed by atoms with Gasteiger partial charge in [0.1, 0.15) is 10.8 Å².